The molecule has 0 radical (unpaired) electrons. The lowest BCUT2D eigenvalue weighted by Gasteiger charge is -2.20. The van der Waals surface area contributed by atoms with Crippen LogP contribution in [0.4, 0.5) is 30.7 Å². The van der Waals surface area contributed by atoms with Crippen molar-refractivity contribution < 1.29 is 30.7 Å². The third-order valence-electron chi connectivity index (χ3n) is 4.65. The lowest BCUT2D eigenvalue weighted by Crippen LogP contribution is -2.28. The number of pyridine rings is 1. The van der Waals surface area contributed by atoms with Gasteiger partial charge in [0.25, 0.3) is 0 Å². The summed E-state index contributed by atoms with van der Waals surface area (Å²) in [6, 6.07) is 2.69. The van der Waals surface area contributed by atoms with E-state index in [2.05, 4.69) is 4.98 Å². The van der Waals surface area contributed by atoms with Crippen molar-refractivity contribution >= 4 is 11.0 Å². The Labute approximate surface area is 173 Å². The number of alkyl halides is 6. The van der Waals surface area contributed by atoms with Gasteiger partial charge in [-0.25, -0.2) is 9.37 Å². The highest BCUT2D eigenvalue weighted by atomic mass is 19.4. The number of nitrogens with zero attached hydrogens (tertiary/aromatic N) is 2. The highest BCUT2D eigenvalue weighted by molar-refractivity contribution is 5.84. The molecule has 31 heavy (non-hydrogen) atoms. The molecule has 2 aromatic heterocycles. The first-order valence-corrected chi connectivity index (χ1v) is 9.28. The molecule has 0 aliphatic carbocycles. The summed E-state index contributed by atoms with van der Waals surface area (Å²) in [5, 5.41) is -0.195. The Morgan fingerprint density at radius 2 is 1.65 bits per heavy atom. The zero-order valence-corrected chi connectivity index (χ0v) is 16.9. The molecule has 2 N–H and O–H groups in total. The van der Waals surface area contributed by atoms with Crippen LogP contribution in [0.15, 0.2) is 36.5 Å². The Morgan fingerprint density at radius 1 is 1.03 bits per heavy atom. The fourth-order valence-corrected chi connectivity index (χ4v) is 3.39. The number of hydrogen-bond acceptors (Lipinski definition) is 2. The summed E-state index contributed by atoms with van der Waals surface area (Å²) in [4.78, 5) is 4.05. The largest absolute Gasteiger partial charge is 0.417 e. The maximum atomic E-state index is 14.9. The van der Waals surface area contributed by atoms with E-state index in [9.17, 15) is 30.7 Å². The number of halogens is 7. The number of nitrogens with two attached hydrogens (primary N) is 1. The first-order chi connectivity index (χ1) is 14.1. The van der Waals surface area contributed by atoms with Crippen LogP contribution in [0.3, 0.4) is 0 Å². The third kappa shape index (κ3) is 4.68. The van der Waals surface area contributed by atoms with Crippen molar-refractivity contribution in [3.63, 3.8) is 0 Å². The van der Waals surface area contributed by atoms with Crippen LogP contribution in [-0.2, 0) is 12.7 Å². The zero-order chi connectivity index (χ0) is 23.4. The second-order valence-corrected chi connectivity index (χ2v) is 8.53. The number of benzene rings is 1. The van der Waals surface area contributed by atoms with E-state index in [0.717, 1.165) is 30.5 Å². The summed E-state index contributed by atoms with van der Waals surface area (Å²) >= 11 is 0. The quantitative estimate of drug-likeness (QED) is 0.468. The summed E-state index contributed by atoms with van der Waals surface area (Å²) in [6.07, 6.45) is -8.42. The summed E-state index contributed by atoms with van der Waals surface area (Å²) in [5.74, 6) is -1.17. The minimum atomic E-state index is -4.79. The second-order valence-electron chi connectivity index (χ2n) is 8.53. The average molecular weight is 447 g/mol. The van der Waals surface area contributed by atoms with Gasteiger partial charge in [0.15, 0.2) is 0 Å². The fraction of sp³-hybridized carbons (Fsp3) is 0.381. The molecule has 168 valence electrons. The molecular weight excluding hydrogens is 427 g/mol. The molecule has 1 aromatic carbocycles. The van der Waals surface area contributed by atoms with Crippen LogP contribution in [0, 0.1) is 11.2 Å². The van der Waals surface area contributed by atoms with Crippen molar-refractivity contribution in [3.05, 3.63) is 53.5 Å². The van der Waals surface area contributed by atoms with Gasteiger partial charge >= 0.3 is 12.4 Å². The zero-order valence-electron chi connectivity index (χ0n) is 16.9. The van der Waals surface area contributed by atoms with Crippen molar-refractivity contribution in [2.24, 2.45) is 11.1 Å². The van der Waals surface area contributed by atoms with E-state index in [1.54, 1.807) is 0 Å². The van der Waals surface area contributed by atoms with Crippen molar-refractivity contribution in [1.29, 1.82) is 0 Å². The van der Waals surface area contributed by atoms with Gasteiger partial charge in [-0.15, -0.1) is 0 Å². The van der Waals surface area contributed by atoms with Crippen LogP contribution >= 0.6 is 0 Å². The van der Waals surface area contributed by atoms with E-state index in [0.29, 0.717) is 0 Å². The molecule has 10 heteroatoms. The maximum absolute atomic E-state index is 14.9. The Balaban J connectivity index is 2.32. The summed E-state index contributed by atoms with van der Waals surface area (Å²) < 4.78 is 96.3. The molecule has 0 unspecified atom stereocenters. The minimum Gasteiger partial charge on any atom is -0.332 e. The molecule has 0 spiro atoms. The molecular formula is C21H20F7N3. The van der Waals surface area contributed by atoms with Crippen molar-refractivity contribution in [1.82, 2.24) is 9.55 Å². The van der Waals surface area contributed by atoms with E-state index in [1.807, 2.05) is 20.8 Å². The Morgan fingerprint density at radius 3 is 2.19 bits per heavy atom. The Kier molecular flexibility index (Phi) is 5.58. The monoisotopic (exact) mass is 447 g/mol. The van der Waals surface area contributed by atoms with E-state index in [4.69, 9.17) is 5.73 Å². The Bertz CT molecular complexity index is 1110. The number of rotatable bonds is 3. The normalized spacial score (nSPS) is 14.3. The first kappa shape index (κ1) is 23.1. The van der Waals surface area contributed by atoms with Gasteiger partial charge in [-0.2, -0.15) is 26.3 Å². The molecule has 0 amide bonds. The second kappa shape index (κ2) is 7.51. The molecule has 0 aliphatic rings. The minimum absolute atomic E-state index is 0.0713. The van der Waals surface area contributed by atoms with Crippen LogP contribution in [0.1, 0.15) is 37.9 Å². The van der Waals surface area contributed by atoms with Crippen LogP contribution < -0.4 is 5.73 Å². The average Bonchev–Trinajstić information content (AvgIpc) is 2.94. The first-order valence-electron chi connectivity index (χ1n) is 9.28. The van der Waals surface area contributed by atoms with Gasteiger partial charge < -0.3 is 10.3 Å². The lowest BCUT2D eigenvalue weighted by atomic mass is 9.97. The summed E-state index contributed by atoms with van der Waals surface area (Å²) in [7, 11) is 0. The van der Waals surface area contributed by atoms with E-state index in [1.165, 1.54) is 10.6 Å². The van der Waals surface area contributed by atoms with E-state index in [-0.39, 0.29) is 17.6 Å². The van der Waals surface area contributed by atoms with Crippen molar-refractivity contribution in [2.45, 2.75) is 45.7 Å². The molecule has 3 rings (SSSR count). The van der Waals surface area contributed by atoms with Gasteiger partial charge in [0.2, 0.25) is 0 Å². The standard InChI is InChI=1S/C21H20F7N3/c1-19(2,3)10-31-9-13(17(29)21(26,27)28)12-8-15(22)16(30-18(12)31)11-6-4-5-7-14(11)20(23,24)25/h4-9,17H,10,29H2,1-3H3/t17-/m0/s1. The molecule has 0 saturated heterocycles. The van der Waals surface area contributed by atoms with E-state index >= 15 is 0 Å². The van der Waals surface area contributed by atoms with Crippen LogP contribution in [0.25, 0.3) is 22.3 Å². The predicted molar refractivity (Wildman–Crippen MR) is 103 cm³/mol. The lowest BCUT2D eigenvalue weighted by molar-refractivity contribution is -0.148. The fourth-order valence-electron chi connectivity index (χ4n) is 3.39. The van der Waals surface area contributed by atoms with Crippen LogP contribution in [-0.4, -0.2) is 15.7 Å². The van der Waals surface area contributed by atoms with Gasteiger partial charge in [0.05, 0.1) is 5.56 Å². The molecule has 0 fully saturated rings. The molecule has 2 heterocycles. The maximum Gasteiger partial charge on any atom is 0.417 e. The van der Waals surface area contributed by atoms with Gasteiger partial charge in [0.1, 0.15) is 23.2 Å². The van der Waals surface area contributed by atoms with Crippen molar-refractivity contribution in [3.8, 4) is 11.3 Å². The van der Waals surface area contributed by atoms with Crippen molar-refractivity contribution in [2.75, 3.05) is 0 Å². The highest BCUT2D eigenvalue weighted by Crippen LogP contribution is 2.40. The van der Waals surface area contributed by atoms with Gasteiger partial charge in [-0.3, -0.25) is 0 Å². The van der Waals surface area contributed by atoms with Crippen LogP contribution in [0.2, 0.25) is 0 Å². The number of fused-ring (bicyclic) bond motifs is 1. The molecule has 3 aromatic rings. The number of hydrogen-bond donors (Lipinski definition) is 1. The molecule has 0 bridgehead atoms. The summed E-state index contributed by atoms with van der Waals surface area (Å²) in [5.41, 5.74) is 2.29. The number of aromatic nitrogens is 2. The van der Waals surface area contributed by atoms with Gasteiger partial charge in [0, 0.05) is 29.3 Å². The van der Waals surface area contributed by atoms with Crippen LogP contribution in [0.5, 0.6) is 0 Å². The molecule has 3 nitrogen and oxygen atoms in total. The topological polar surface area (TPSA) is 43.8 Å². The smallest absolute Gasteiger partial charge is 0.332 e. The van der Waals surface area contributed by atoms with Gasteiger partial charge in [-0.05, 0) is 17.5 Å². The Hall–Kier alpha value is -2.62. The van der Waals surface area contributed by atoms with Gasteiger partial charge in [-0.1, -0.05) is 39.0 Å². The van der Waals surface area contributed by atoms with E-state index < -0.39 is 52.0 Å². The predicted octanol–water partition coefficient (Wildman–Crippen LogP) is 6.47. The highest BCUT2D eigenvalue weighted by Gasteiger charge is 2.40. The molecule has 1 atom stereocenters. The molecule has 0 aliphatic heterocycles. The third-order valence-corrected chi connectivity index (χ3v) is 4.65. The summed E-state index contributed by atoms with van der Waals surface area (Å²) in [6.45, 7) is 5.66. The SMILES string of the molecule is CC(C)(C)Cn1cc([C@H](N)C(F)(F)F)c2cc(F)c(-c3ccccc3C(F)(F)F)nc21. The molecule has 0 saturated carbocycles.